The maximum atomic E-state index is 5.83. The lowest BCUT2D eigenvalue weighted by Gasteiger charge is -2.27. The van der Waals surface area contributed by atoms with Crippen molar-refractivity contribution in [2.45, 2.75) is 38.7 Å². The molecule has 1 nitrogen and oxygen atoms in total. The lowest BCUT2D eigenvalue weighted by Crippen LogP contribution is -2.22. The van der Waals surface area contributed by atoms with Gasteiger partial charge in [0.1, 0.15) is 0 Å². The molecule has 0 saturated carbocycles. The molecule has 1 aromatic rings. The van der Waals surface area contributed by atoms with Crippen molar-refractivity contribution in [2.75, 3.05) is 6.61 Å². The summed E-state index contributed by atoms with van der Waals surface area (Å²) in [6.45, 7) is 5.53. The topological polar surface area (TPSA) is 9.23 Å². The Balaban J connectivity index is 2.19. The number of ether oxygens (including phenoxy) is 1. The lowest BCUT2D eigenvalue weighted by atomic mass is 9.83. The molecule has 0 aromatic heterocycles. The zero-order valence-corrected chi connectivity index (χ0v) is 9.65. The van der Waals surface area contributed by atoms with E-state index < -0.39 is 0 Å². The van der Waals surface area contributed by atoms with Crippen molar-refractivity contribution in [3.63, 3.8) is 0 Å². The second-order valence-corrected chi connectivity index (χ2v) is 4.73. The van der Waals surface area contributed by atoms with E-state index in [9.17, 15) is 0 Å². The fourth-order valence-corrected chi connectivity index (χ4v) is 2.59. The predicted molar refractivity (Wildman–Crippen MR) is 63.0 cm³/mol. The zero-order valence-electron chi connectivity index (χ0n) is 9.65. The van der Waals surface area contributed by atoms with Crippen LogP contribution < -0.4 is 0 Å². The van der Waals surface area contributed by atoms with Gasteiger partial charge in [0.05, 0.1) is 6.10 Å². The Bertz CT molecular complexity index is 285. The number of hydrogen-bond acceptors (Lipinski definition) is 1. The van der Waals surface area contributed by atoms with Crippen molar-refractivity contribution in [2.24, 2.45) is 5.92 Å². The predicted octanol–water partition coefficient (Wildman–Crippen LogP) is 3.61. The minimum Gasteiger partial charge on any atom is -0.378 e. The van der Waals surface area contributed by atoms with Gasteiger partial charge in [0.25, 0.3) is 0 Å². The Labute approximate surface area is 92.5 Å². The standard InChI is InChI=1S/C14H20O/c1-11(2)14(13-9-6-10-15-13)12-7-4-3-5-8-12/h3-5,7-8,11,13-14H,6,9-10H2,1-2H3/t13-,14+/m0/s1. The molecule has 0 N–H and O–H groups in total. The summed E-state index contributed by atoms with van der Waals surface area (Å²) in [5.74, 6) is 1.21. The second-order valence-electron chi connectivity index (χ2n) is 4.73. The van der Waals surface area contributed by atoms with Gasteiger partial charge in [0.15, 0.2) is 0 Å². The quantitative estimate of drug-likeness (QED) is 0.731. The fourth-order valence-electron chi connectivity index (χ4n) is 2.59. The third-order valence-corrected chi connectivity index (χ3v) is 3.27. The Kier molecular flexibility index (Phi) is 3.42. The molecule has 1 heterocycles. The van der Waals surface area contributed by atoms with Crippen LogP contribution in [0.15, 0.2) is 30.3 Å². The van der Waals surface area contributed by atoms with E-state index in [1.165, 1.54) is 18.4 Å². The molecule has 1 aliphatic rings. The molecule has 0 radical (unpaired) electrons. The molecule has 0 amide bonds. The molecule has 1 aliphatic heterocycles. The van der Waals surface area contributed by atoms with Crippen LogP contribution in [0.3, 0.4) is 0 Å². The van der Waals surface area contributed by atoms with Crippen LogP contribution in [0, 0.1) is 5.92 Å². The maximum absolute atomic E-state index is 5.83. The van der Waals surface area contributed by atoms with Gasteiger partial charge in [0.2, 0.25) is 0 Å². The van der Waals surface area contributed by atoms with Crippen molar-refractivity contribution >= 4 is 0 Å². The van der Waals surface area contributed by atoms with Crippen LogP contribution in [-0.4, -0.2) is 12.7 Å². The van der Waals surface area contributed by atoms with Gasteiger partial charge in [-0.05, 0) is 24.3 Å². The van der Waals surface area contributed by atoms with Crippen LogP contribution in [0.1, 0.15) is 38.2 Å². The van der Waals surface area contributed by atoms with Crippen LogP contribution in [0.5, 0.6) is 0 Å². The first-order chi connectivity index (χ1) is 7.29. The van der Waals surface area contributed by atoms with Gasteiger partial charge in [-0.25, -0.2) is 0 Å². The molecule has 1 saturated heterocycles. The van der Waals surface area contributed by atoms with Gasteiger partial charge in [-0.3, -0.25) is 0 Å². The average molecular weight is 204 g/mol. The summed E-state index contributed by atoms with van der Waals surface area (Å²) in [6, 6.07) is 10.8. The largest absolute Gasteiger partial charge is 0.378 e. The van der Waals surface area contributed by atoms with Crippen LogP contribution in [0.2, 0.25) is 0 Å². The Morgan fingerprint density at radius 3 is 2.47 bits per heavy atom. The molecule has 0 spiro atoms. The summed E-state index contributed by atoms with van der Waals surface area (Å²) in [5, 5.41) is 0. The van der Waals surface area contributed by atoms with Crippen LogP contribution in [-0.2, 0) is 4.74 Å². The molecule has 2 rings (SSSR count). The van der Waals surface area contributed by atoms with Crippen LogP contribution >= 0.6 is 0 Å². The third kappa shape index (κ3) is 2.40. The first-order valence-corrected chi connectivity index (χ1v) is 5.95. The van der Waals surface area contributed by atoms with Crippen molar-refractivity contribution in [1.82, 2.24) is 0 Å². The molecule has 1 fully saturated rings. The Hall–Kier alpha value is -0.820. The Morgan fingerprint density at radius 1 is 1.20 bits per heavy atom. The summed E-state index contributed by atoms with van der Waals surface area (Å²) in [5.41, 5.74) is 1.43. The van der Waals surface area contributed by atoms with E-state index in [-0.39, 0.29) is 0 Å². The van der Waals surface area contributed by atoms with Crippen molar-refractivity contribution < 1.29 is 4.74 Å². The first kappa shape index (κ1) is 10.7. The molecule has 0 unspecified atom stereocenters. The number of hydrogen-bond donors (Lipinski definition) is 0. The highest BCUT2D eigenvalue weighted by molar-refractivity contribution is 5.21. The molecule has 0 bridgehead atoms. The fraction of sp³-hybridized carbons (Fsp3) is 0.571. The van der Waals surface area contributed by atoms with Gasteiger partial charge >= 0.3 is 0 Å². The SMILES string of the molecule is CC(C)[C@H](c1ccccc1)[C@@H]1CCCO1. The van der Waals surface area contributed by atoms with Gasteiger partial charge < -0.3 is 4.74 Å². The first-order valence-electron chi connectivity index (χ1n) is 5.95. The smallest absolute Gasteiger partial charge is 0.0646 e. The normalized spacial score (nSPS) is 23.3. The van der Waals surface area contributed by atoms with E-state index in [1.807, 2.05) is 0 Å². The van der Waals surface area contributed by atoms with E-state index >= 15 is 0 Å². The summed E-state index contributed by atoms with van der Waals surface area (Å²) < 4.78 is 5.83. The highest BCUT2D eigenvalue weighted by Gasteiger charge is 2.29. The zero-order chi connectivity index (χ0) is 10.7. The highest BCUT2D eigenvalue weighted by atomic mass is 16.5. The molecular weight excluding hydrogens is 184 g/mol. The van der Waals surface area contributed by atoms with E-state index in [0.717, 1.165) is 6.61 Å². The van der Waals surface area contributed by atoms with Crippen LogP contribution in [0.25, 0.3) is 0 Å². The third-order valence-electron chi connectivity index (χ3n) is 3.27. The van der Waals surface area contributed by atoms with Gasteiger partial charge in [-0.2, -0.15) is 0 Å². The van der Waals surface area contributed by atoms with E-state index in [0.29, 0.717) is 17.9 Å². The highest BCUT2D eigenvalue weighted by Crippen LogP contribution is 2.34. The number of rotatable bonds is 3. The Morgan fingerprint density at radius 2 is 1.93 bits per heavy atom. The monoisotopic (exact) mass is 204 g/mol. The summed E-state index contributed by atoms with van der Waals surface area (Å²) in [4.78, 5) is 0. The van der Waals surface area contributed by atoms with Crippen molar-refractivity contribution in [3.05, 3.63) is 35.9 Å². The molecule has 2 atom stereocenters. The van der Waals surface area contributed by atoms with Crippen molar-refractivity contribution in [3.8, 4) is 0 Å². The van der Waals surface area contributed by atoms with E-state index in [1.54, 1.807) is 0 Å². The molecule has 82 valence electrons. The summed E-state index contributed by atoms with van der Waals surface area (Å²) in [7, 11) is 0. The molecule has 1 heteroatoms. The maximum Gasteiger partial charge on any atom is 0.0646 e. The summed E-state index contributed by atoms with van der Waals surface area (Å²) in [6.07, 6.45) is 2.88. The van der Waals surface area contributed by atoms with Crippen LogP contribution in [0.4, 0.5) is 0 Å². The van der Waals surface area contributed by atoms with Gasteiger partial charge in [0, 0.05) is 12.5 Å². The molecule has 15 heavy (non-hydrogen) atoms. The second kappa shape index (κ2) is 4.80. The lowest BCUT2D eigenvalue weighted by molar-refractivity contribution is 0.0748. The van der Waals surface area contributed by atoms with E-state index in [2.05, 4.69) is 44.2 Å². The average Bonchev–Trinajstić information content (AvgIpc) is 2.72. The van der Waals surface area contributed by atoms with Gasteiger partial charge in [-0.1, -0.05) is 44.2 Å². The minimum atomic E-state index is 0.437. The van der Waals surface area contributed by atoms with Gasteiger partial charge in [-0.15, -0.1) is 0 Å². The molecule has 0 aliphatic carbocycles. The van der Waals surface area contributed by atoms with E-state index in [4.69, 9.17) is 4.74 Å². The van der Waals surface area contributed by atoms with Crippen molar-refractivity contribution in [1.29, 1.82) is 0 Å². The summed E-state index contributed by atoms with van der Waals surface area (Å²) >= 11 is 0. The number of benzene rings is 1. The molecule has 1 aromatic carbocycles. The molecular formula is C14H20O. The minimum absolute atomic E-state index is 0.437.